The lowest BCUT2D eigenvalue weighted by Gasteiger charge is -2.28. The van der Waals surface area contributed by atoms with E-state index in [9.17, 15) is 5.11 Å². The molecule has 1 fully saturated rings. The zero-order chi connectivity index (χ0) is 11.5. The number of hydrogen-bond acceptors (Lipinski definition) is 3. The van der Waals surface area contributed by atoms with Crippen molar-refractivity contribution < 1.29 is 9.84 Å². The SMILES string of the molecule is COCCN(C)CC1CCC(C)(C)C1O. The first-order valence-corrected chi connectivity index (χ1v) is 5.83. The molecule has 2 atom stereocenters. The molecule has 2 unspecified atom stereocenters. The zero-order valence-electron chi connectivity index (χ0n) is 10.5. The highest BCUT2D eigenvalue weighted by Crippen LogP contribution is 2.41. The summed E-state index contributed by atoms with van der Waals surface area (Å²) < 4.78 is 5.04. The van der Waals surface area contributed by atoms with E-state index in [2.05, 4.69) is 25.8 Å². The van der Waals surface area contributed by atoms with Gasteiger partial charge in [0.1, 0.15) is 0 Å². The molecule has 1 saturated carbocycles. The first-order chi connectivity index (χ1) is 6.97. The van der Waals surface area contributed by atoms with E-state index in [1.165, 1.54) is 0 Å². The third-order valence-electron chi connectivity index (χ3n) is 3.63. The van der Waals surface area contributed by atoms with Gasteiger partial charge in [0.15, 0.2) is 0 Å². The van der Waals surface area contributed by atoms with Gasteiger partial charge in [0.2, 0.25) is 0 Å². The van der Waals surface area contributed by atoms with Crippen LogP contribution in [-0.4, -0.2) is 50.0 Å². The summed E-state index contributed by atoms with van der Waals surface area (Å²) >= 11 is 0. The summed E-state index contributed by atoms with van der Waals surface area (Å²) in [5.74, 6) is 0.432. The number of aliphatic hydroxyl groups excluding tert-OH is 1. The Morgan fingerprint density at radius 2 is 2.13 bits per heavy atom. The van der Waals surface area contributed by atoms with E-state index in [-0.39, 0.29) is 11.5 Å². The molecule has 0 radical (unpaired) electrons. The minimum Gasteiger partial charge on any atom is -0.392 e. The van der Waals surface area contributed by atoms with Crippen molar-refractivity contribution in [1.29, 1.82) is 0 Å². The highest BCUT2D eigenvalue weighted by atomic mass is 16.5. The second-order valence-electron chi connectivity index (χ2n) is 5.49. The first-order valence-electron chi connectivity index (χ1n) is 5.83. The van der Waals surface area contributed by atoms with Crippen molar-refractivity contribution in [3.63, 3.8) is 0 Å². The Labute approximate surface area is 93.4 Å². The molecule has 3 nitrogen and oxygen atoms in total. The van der Waals surface area contributed by atoms with Crippen molar-refractivity contribution in [2.75, 3.05) is 33.9 Å². The maximum absolute atomic E-state index is 10.1. The number of hydrogen-bond donors (Lipinski definition) is 1. The number of rotatable bonds is 5. The fourth-order valence-electron chi connectivity index (χ4n) is 2.43. The second kappa shape index (κ2) is 5.28. The summed E-state index contributed by atoms with van der Waals surface area (Å²) in [7, 11) is 3.82. The van der Waals surface area contributed by atoms with Gasteiger partial charge in [-0.3, -0.25) is 0 Å². The van der Waals surface area contributed by atoms with Crippen molar-refractivity contribution in [3.05, 3.63) is 0 Å². The molecular formula is C12H25NO2. The first kappa shape index (κ1) is 12.9. The topological polar surface area (TPSA) is 32.7 Å². The highest BCUT2D eigenvalue weighted by Gasteiger charge is 2.40. The fourth-order valence-corrected chi connectivity index (χ4v) is 2.43. The van der Waals surface area contributed by atoms with Crippen LogP contribution in [0.2, 0.25) is 0 Å². The number of ether oxygens (including phenoxy) is 1. The molecular weight excluding hydrogens is 190 g/mol. The van der Waals surface area contributed by atoms with E-state index in [0.717, 1.165) is 32.5 Å². The van der Waals surface area contributed by atoms with E-state index in [4.69, 9.17) is 4.74 Å². The molecule has 0 bridgehead atoms. The monoisotopic (exact) mass is 215 g/mol. The average Bonchev–Trinajstić information content (AvgIpc) is 2.42. The summed E-state index contributed by atoms with van der Waals surface area (Å²) in [6.45, 7) is 7.01. The Morgan fingerprint density at radius 3 is 2.60 bits per heavy atom. The van der Waals surface area contributed by atoms with Gasteiger partial charge in [0.25, 0.3) is 0 Å². The largest absolute Gasteiger partial charge is 0.392 e. The van der Waals surface area contributed by atoms with Crippen LogP contribution in [0.3, 0.4) is 0 Å². The number of nitrogens with zero attached hydrogens (tertiary/aromatic N) is 1. The van der Waals surface area contributed by atoms with Gasteiger partial charge >= 0.3 is 0 Å². The van der Waals surface area contributed by atoms with Crippen molar-refractivity contribution in [2.24, 2.45) is 11.3 Å². The molecule has 1 aliphatic carbocycles. The summed E-state index contributed by atoms with van der Waals surface area (Å²) in [4.78, 5) is 2.25. The Hall–Kier alpha value is -0.120. The van der Waals surface area contributed by atoms with Crippen LogP contribution in [-0.2, 0) is 4.74 Å². The minimum absolute atomic E-state index is 0.104. The quantitative estimate of drug-likeness (QED) is 0.751. The van der Waals surface area contributed by atoms with Gasteiger partial charge in [-0.15, -0.1) is 0 Å². The van der Waals surface area contributed by atoms with E-state index in [1.54, 1.807) is 7.11 Å². The molecule has 1 rings (SSSR count). The predicted molar refractivity (Wildman–Crippen MR) is 61.9 cm³/mol. The third kappa shape index (κ3) is 3.44. The Balaban J connectivity index is 2.33. The van der Waals surface area contributed by atoms with Crippen molar-refractivity contribution in [2.45, 2.75) is 32.8 Å². The second-order valence-corrected chi connectivity index (χ2v) is 5.49. The van der Waals surface area contributed by atoms with Crippen molar-refractivity contribution in [3.8, 4) is 0 Å². The van der Waals surface area contributed by atoms with Crippen LogP contribution in [0.4, 0.5) is 0 Å². The minimum atomic E-state index is -0.150. The van der Waals surface area contributed by atoms with Gasteiger partial charge < -0.3 is 14.7 Å². The van der Waals surface area contributed by atoms with Crippen LogP contribution in [0.1, 0.15) is 26.7 Å². The molecule has 90 valence electrons. The average molecular weight is 215 g/mol. The highest BCUT2D eigenvalue weighted by molar-refractivity contribution is 4.91. The number of likely N-dealkylation sites (N-methyl/N-ethyl adjacent to an activating group) is 1. The van der Waals surface area contributed by atoms with Crippen LogP contribution in [0.15, 0.2) is 0 Å². The van der Waals surface area contributed by atoms with Crippen molar-refractivity contribution >= 4 is 0 Å². The van der Waals surface area contributed by atoms with Crippen LogP contribution in [0.25, 0.3) is 0 Å². The summed E-state index contributed by atoms with van der Waals surface area (Å²) in [5.41, 5.74) is 0.104. The van der Waals surface area contributed by atoms with Crippen LogP contribution in [0.5, 0.6) is 0 Å². The normalized spacial score (nSPS) is 30.0. The van der Waals surface area contributed by atoms with E-state index >= 15 is 0 Å². The fraction of sp³-hybridized carbons (Fsp3) is 1.00. The Bertz CT molecular complexity index is 194. The molecule has 0 amide bonds. The van der Waals surface area contributed by atoms with Crippen molar-refractivity contribution in [1.82, 2.24) is 4.90 Å². The molecule has 0 aromatic heterocycles. The van der Waals surface area contributed by atoms with Gasteiger partial charge in [-0.05, 0) is 31.2 Å². The maximum Gasteiger partial charge on any atom is 0.0631 e. The summed E-state index contributed by atoms with van der Waals surface area (Å²) in [5, 5.41) is 10.1. The van der Waals surface area contributed by atoms with E-state index in [0.29, 0.717) is 5.92 Å². The summed E-state index contributed by atoms with van der Waals surface area (Å²) in [6, 6.07) is 0. The third-order valence-corrected chi connectivity index (χ3v) is 3.63. The van der Waals surface area contributed by atoms with Gasteiger partial charge in [-0.2, -0.15) is 0 Å². The molecule has 15 heavy (non-hydrogen) atoms. The standard InChI is InChI=1S/C12H25NO2/c1-12(2)6-5-10(11(12)14)9-13(3)7-8-15-4/h10-11,14H,5-9H2,1-4H3. The van der Waals surface area contributed by atoms with Crippen LogP contribution < -0.4 is 0 Å². The number of methoxy groups -OCH3 is 1. The van der Waals surface area contributed by atoms with Gasteiger partial charge in [0.05, 0.1) is 12.7 Å². The predicted octanol–water partition coefficient (Wildman–Crippen LogP) is 1.36. The smallest absolute Gasteiger partial charge is 0.0631 e. The van der Waals surface area contributed by atoms with E-state index in [1.807, 2.05) is 0 Å². The lowest BCUT2D eigenvalue weighted by atomic mass is 9.87. The molecule has 1 N–H and O–H groups in total. The van der Waals surface area contributed by atoms with Gasteiger partial charge in [0, 0.05) is 20.2 Å². The number of aliphatic hydroxyl groups is 1. The molecule has 3 heteroatoms. The Kier molecular flexibility index (Phi) is 4.56. The van der Waals surface area contributed by atoms with Crippen LogP contribution >= 0.6 is 0 Å². The van der Waals surface area contributed by atoms with E-state index < -0.39 is 0 Å². The van der Waals surface area contributed by atoms with Crippen LogP contribution in [0, 0.1) is 11.3 Å². The lowest BCUT2D eigenvalue weighted by Crippen LogP contribution is -2.36. The molecule has 0 saturated heterocycles. The molecule has 0 aromatic rings. The molecule has 0 heterocycles. The maximum atomic E-state index is 10.1. The summed E-state index contributed by atoms with van der Waals surface area (Å²) in [6.07, 6.45) is 2.13. The van der Waals surface area contributed by atoms with Gasteiger partial charge in [-0.25, -0.2) is 0 Å². The lowest BCUT2D eigenvalue weighted by molar-refractivity contribution is 0.0329. The van der Waals surface area contributed by atoms with Gasteiger partial charge in [-0.1, -0.05) is 13.8 Å². The molecule has 0 spiro atoms. The molecule has 0 aromatic carbocycles. The Morgan fingerprint density at radius 1 is 1.47 bits per heavy atom. The zero-order valence-corrected chi connectivity index (χ0v) is 10.5. The molecule has 0 aliphatic heterocycles. The molecule has 1 aliphatic rings.